The number of aromatic nitrogens is 1. The van der Waals surface area contributed by atoms with Crippen molar-refractivity contribution in [2.45, 2.75) is 19.3 Å². The maximum Gasteiger partial charge on any atom is 0.251 e. The van der Waals surface area contributed by atoms with Crippen LogP contribution in [0.3, 0.4) is 0 Å². The molecule has 0 atom stereocenters. The van der Waals surface area contributed by atoms with E-state index in [0.717, 1.165) is 35.7 Å². The summed E-state index contributed by atoms with van der Waals surface area (Å²) in [6.45, 7) is 0.629. The lowest BCUT2D eigenvalue weighted by molar-refractivity contribution is 0.0956. The second-order valence-electron chi connectivity index (χ2n) is 6.98. The van der Waals surface area contributed by atoms with Gasteiger partial charge in [0.2, 0.25) is 0 Å². The molecule has 1 aliphatic rings. The number of aromatic amines is 1. The zero-order chi connectivity index (χ0) is 17.5. The van der Waals surface area contributed by atoms with Gasteiger partial charge in [0.15, 0.2) is 0 Å². The minimum absolute atomic E-state index is 0.0143. The highest BCUT2D eigenvalue weighted by molar-refractivity contribution is 6.09. The quantitative estimate of drug-likeness (QED) is 0.568. The third-order valence-electron chi connectivity index (χ3n) is 5.48. The van der Waals surface area contributed by atoms with Gasteiger partial charge in [0.25, 0.3) is 5.91 Å². The zero-order valence-electron chi connectivity index (χ0n) is 14.5. The predicted octanol–water partition coefficient (Wildman–Crippen LogP) is 4.39. The van der Waals surface area contributed by atoms with E-state index in [4.69, 9.17) is 0 Å². The first-order valence-electron chi connectivity index (χ1n) is 9.18. The second-order valence-corrected chi connectivity index (χ2v) is 6.98. The number of carbonyl (C=O) groups excluding carboxylic acids is 1. The fraction of sp³-hybridized carbons (Fsp3) is 0.174. The Morgan fingerprint density at radius 2 is 1.73 bits per heavy atom. The molecule has 1 amide bonds. The molecule has 1 heterocycles. The second kappa shape index (κ2) is 6.03. The molecular weight excluding hydrogens is 320 g/mol. The number of nitrogens with one attached hydrogen (secondary N) is 2. The highest BCUT2D eigenvalue weighted by Crippen LogP contribution is 2.32. The first kappa shape index (κ1) is 15.2. The molecule has 0 unspecified atom stereocenters. The highest BCUT2D eigenvalue weighted by atomic mass is 16.1. The minimum atomic E-state index is 0.0143. The number of hydrogen-bond acceptors (Lipinski definition) is 1. The normalized spacial score (nSPS) is 12.8. The smallest absolute Gasteiger partial charge is 0.251 e. The Bertz CT molecular complexity index is 1130. The Kier molecular flexibility index (Phi) is 3.52. The number of amides is 1. The van der Waals surface area contributed by atoms with Crippen LogP contribution in [-0.2, 0) is 19.3 Å². The number of hydrogen-bond donors (Lipinski definition) is 2. The van der Waals surface area contributed by atoms with Crippen LogP contribution < -0.4 is 5.32 Å². The SMILES string of the molecule is O=C(NCCc1c[nH]c2ccccc12)c1ccc2c3c(cccc13)CC2. The van der Waals surface area contributed by atoms with E-state index in [9.17, 15) is 4.79 Å². The molecule has 0 radical (unpaired) electrons. The summed E-state index contributed by atoms with van der Waals surface area (Å²) in [6.07, 6.45) is 5.02. The van der Waals surface area contributed by atoms with Crippen LogP contribution in [0, 0.1) is 0 Å². The minimum Gasteiger partial charge on any atom is -0.361 e. The Balaban J connectivity index is 1.36. The molecule has 1 aromatic heterocycles. The third kappa shape index (κ3) is 2.39. The van der Waals surface area contributed by atoms with Crippen molar-refractivity contribution in [3.63, 3.8) is 0 Å². The molecule has 0 bridgehead atoms. The number of carbonyl (C=O) groups is 1. The van der Waals surface area contributed by atoms with Gasteiger partial charge in [-0.25, -0.2) is 0 Å². The van der Waals surface area contributed by atoms with Gasteiger partial charge in [-0.2, -0.15) is 0 Å². The van der Waals surface area contributed by atoms with E-state index < -0.39 is 0 Å². The van der Waals surface area contributed by atoms with Gasteiger partial charge >= 0.3 is 0 Å². The number of aryl methyl sites for hydroxylation is 2. The van der Waals surface area contributed by atoms with Crippen molar-refractivity contribution in [3.05, 3.63) is 83.0 Å². The topological polar surface area (TPSA) is 44.9 Å². The summed E-state index contributed by atoms with van der Waals surface area (Å²) in [7, 11) is 0. The van der Waals surface area contributed by atoms with Gasteiger partial charge in [-0.3, -0.25) is 4.79 Å². The van der Waals surface area contributed by atoms with E-state index in [0.29, 0.717) is 6.54 Å². The molecule has 0 saturated carbocycles. The average molecular weight is 340 g/mol. The molecule has 26 heavy (non-hydrogen) atoms. The molecule has 3 heteroatoms. The van der Waals surface area contributed by atoms with E-state index in [2.05, 4.69) is 46.7 Å². The lowest BCUT2D eigenvalue weighted by Gasteiger charge is -2.10. The molecule has 2 N–H and O–H groups in total. The van der Waals surface area contributed by atoms with E-state index >= 15 is 0 Å². The Morgan fingerprint density at radius 3 is 2.65 bits per heavy atom. The van der Waals surface area contributed by atoms with Crippen molar-refractivity contribution in [2.75, 3.05) is 6.54 Å². The molecule has 5 rings (SSSR count). The van der Waals surface area contributed by atoms with Crippen LogP contribution in [0.1, 0.15) is 27.0 Å². The lowest BCUT2D eigenvalue weighted by atomic mass is 9.99. The molecule has 1 aliphatic carbocycles. The van der Waals surface area contributed by atoms with Crippen molar-refractivity contribution in [2.24, 2.45) is 0 Å². The van der Waals surface area contributed by atoms with Crippen molar-refractivity contribution in [1.82, 2.24) is 10.3 Å². The number of rotatable bonds is 4. The van der Waals surface area contributed by atoms with Gasteiger partial charge in [0.05, 0.1) is 0 Å². The van der Waals surface area contributed by atoms with Crippen LogP contribution in [0.15, 0.2) is 60.8 Å². The number of benzene rings is 3. The van der Waals surface area contributed by atoms with Crippen molar-refractivity contribution in [3.8, 4) is 0 Å². The molecule has 4 aromatic rings. The van der Waals surface area contributed by atoms with Gasteiger partial charge in [0.1, 0.15) is 0 Å². The molecule has 0 spiro atoms. The average Bonchev–Trinajstić information content (AvgIpc) is 3.28. The summed E-state index contributed by atoms with van der Waals surface area (Å²) in [5.74, 6) is 0.0143. The van der Waals surface area contributed by atoms with Crippen LogP contribution in [0.4, 0.5) is 0 Å². The monoisotopic (exact) mass is 340 g/mol. The Morgan fingerprint density at radius 1 is 0.923 bits per heavy atom. The van der Waals surface area contributed by atoms with Crippen LogP contribution in [0.2, 0.25) is 0 Å². The van der Waals surface area contributed by atoms with Gasteiger partial charge in [-0.05, 0) is 58.9 Å². The highest BCUT2D eigenvalue weighted by Gasteiger charge is 2.18. The molecule has 128 valence electrons. The summed E-state index contributed by atoms with van der Waals surface area (Å²) in [5.41, 5.74) is 5.89. The zero-order valence-corrected chi connectivity index (χ0v) is 14.5. The molecule has 0 aliphatic heterocycles. The number of para-hydroxylation sites is 1. The van der Waals surface area contributed by atoms with E-state index in [1.54, 1.807) is 0 Å². The van der Waals surface area contributed by atoms with Crippen molar-refractivity contribution < 1.29 is 4.79 Å². The largest absolute Gasteiger partial charge is 0.361 e. The van der Waals surface area contributed by atoms with Gasteiger partial charge in [0, 0.05) is 29.2 Å². The van der Waals surface area contributed by atoms with Gasteiger partial charge in [-0.15, -0.1) is 0 Å². The molecule has 0 fully saturated rings. The standard InChI is InChI=1S/C23H20N2O/c26-23(24-13-12-17-14-25-21-7-2-1-5-18(17)21)20-11-10-16-9-8-15-4-3-6-19(20)22(15)16/h1-7,10-11,14,25H,8-9,12-13H2,(H,24,26). The molecule has 3 aromatic carbocycles. The van der Waals surface area contributed by atoms with Crippen LogP contribution >= 0.6 is 0 Å². The number of fused-ring (bicyclic) bond motifs is 1. The van der Waals surface area contributed by atoms with Crippen molar-refractivity contribution >= 4 is 27.6 Å². The summed E-state index contributed by atoms with van der Waals surface area (Å²) < 4.78 is 0. The van der Waals surface area contributed by atoms with Gasteiger partial charge < -0.3 is 10.3 Å². The van der Waals surface area contributed by atoms with E-state index in [-0.39, 0.29) is 5.91 Å². The van der Waals surface area contributed by atoms with E-state index in [1.165, 1.54) is 27.5 Å². The fourth-order valence-corrected chi connectivity index (χ4v) is 4.19. The predicted molar refractivity (Wildman–Crippen MR) is 106 cm³/mol. The fourth-order valence-electron chi connectivity index (χ4n) is 4.19. The Labute approximate surface area is 152 Å². The number of H-pyrrole nitrogens is 1. The van der Waals surface area contributed by atoms with Crippen LogP contribution in [0.25, 0.3) is 21.7 Å². The lowest BCUT2D eigenvalue weighted by Crippen LogP contribution is -2.25. The molecule has 0 saturated heterocycles. The summed E-state index contributed by atoms with van der Waals surface area (Å²) in [6, 6.07) is 18.7. The van der Waals surface area contributed by atoms with Crippen molar-refractivity contribution in [1.29, 1.82) is 0 Å². The maximum atomic E-state index is 12.8. The first-order chi connectivity index (χ1) is 12.8. The first-order valence-corrected chi connectivity index (χ1v) is 9.18. The molecular formula is C23H20N2O. The maximum absolute atomic E-state index is 12.8. The van der Waals surface area contributed by atoms with Gasteiger partial charge in [-0.1, -0.05) is 42.5 Å². The summed E-state index contributed by atoms with van der Waals surface area (Å²) in [4.78, 5) is 16.1. The van der Waals surface area contributed by atoms with E-state index in [1.807, 2.05) is 24.4 Å². The summed E-state index contributed by atoms with van der Waals surface area (Å²) in [5, 5.41) is 6.70. The third-order valence-corrected chi connectivity index (χ3v) is 5.48. The van der Waals surface area contributed by atoms with Crippen LogP contribution in [-0.4, -0.2) is 17.4 Å². The Hall–Kier alpha value is -3.07. The summed E-state index contributed by atoms with van der Waals surface area (Å²) >= 11 is 0. The van der Waals surface area contributed by atoms with Crippen LogP contribution in [0.5, 0.6) is 0 Å². The molecule has 3 nitrogen and oxygen atoms in total.